The molecule has 0 aliphatic heterocycles. The van der Waals surface area contributed by atoms with Gasteiger partial charge in [-0.3, -0.25) is 4.79 Å². The van der Waals surface area contributed by atoms with Crippen molar-refractivity contribution in [3.05, 3.63) is 0 Å². The van der Waals surface area contributed by atoms with Crippen molar-refractivity contribution >= 4 is 16.9 Å². The molecule has 0 unspecified atom stereocenters. The maximum atomic E-state index is 10.8. The van der Waals surface area contributed by atoms with Crippen LogP contribution >= 0.6 is 11.8 Å². The second kappa shape index (κ2) is 6.49. The molecule has 0 bridgehead atoms. The lowest BCUT2D eigenvalue weighted by Crippen LogP contribution is -2.13. The molecule has 0 saturated carbocycles. The molecule has 0 fully saturated rings. The normalized spacial score (nSPS) is 15.7. The molecule has 0 aromatic rings. The van der Waals surface area contributed by atoms with Gasteiger partial charge in [-0.15, -0.1) is 0 Å². The van der Waals surface area contributed by atoms with Crippen molar-refractivity contribution in [3.63, 3.8) is 0 Å². The van der Waals surface area contributed by atoms with Crippen LogP contribution in [0.3, 0.4) is 0 Å². The number of rotatable bonds is 5. The molecule has 0 amide bonds. The average molecular weight is 190 g/mol. The van der Waals surface area contributed by atoms with E-state index in [4.69, 9.17) is 5.11 Å². The van der Waals surface area contributed by atoms with Gasteiger partial charge in [0, 0.05) is 12.2 Å². The topological polar surface area (TPSA) is 37.3 Å². The predicted octanol–water partition coefficient (Wildman–Crippen LogP) is 2.21. The Morgan fingerprint density at radius 3 is 2.50 bits per heavy atom. The number of aliphatic hydroxyl groups is 1. The molecule has 0 aliphatic rings. The summed E-state index contributed by atoms with van der Waals surface area (Å²) >= 11 is 1.35. The third-order valence-corrected chi connectivity index (χ3v) is 2.64. The van der Waals surface area contributed by atoms with Crippen LogP contribution in [0.4, 0.5) is 0 Å². The van der Waals surface area contributed by atoms with Gasteiger partial charge in [0.25, 0.3) is 0 Å². The first-order valence-electron chi connectivity index (χ1n) is 4.41. The summed E-state index contributed by atoms with van der Waals surface area (Å²) in [6, 6.07) is 0. The number of hydrogen-bond donors (Lipinski definition) is 1. The van der Waals surface area contributed by atoms with Gasteiger partial charge < -0.3 is 5.11 Å². The fourth-order valence-electron chi connectivity index (χ4n) is 1.16. The molecular weight excluding hydrogens is 172 g/mol. The van der Waals surface area contributed by atoms with Crippen LogP contribution in [0.1, 0.15) is 40.0 Å². The van der Waals surface area contributed by atoms with Gasteiger partial charge in [-0.05, 0) is 19.8 Å². The molecular formula is C9H18O2S. The Balaban J connectivity index is 3.77. The summed E-state index contributed by atoms with van der Waals surface area (Å²) in [6.45, 7) is 5.44. The van der Waals surface area contributed by atoms with Gasteiger partial charge in [0.15, 0.2) is 5.12 Å². The van der Waals surface area contributed by atoms with Crippen molar-refractivity contribution in [2.75, 3.05) is 0 Å². The van der Waals surface area contributed by atoms with Gasteiger partial charge in [0.1, 0.15) is 0 Å². The highest BCUT2D eigenvalue weighted by Gasteiger charge is 2.13. The molecule has 1 N–H and O–H groups in total. The molecule has 2 atom stereocenters. The Morgan fingerprint density at radius 2 is 2.17 bits per heavy atom. The lowest BCUT2D eigenvalue weighted by Gasteiger charge is -2.14. The summed E-state index contributed by atoms with van der Waals surface area (Å²) in [5, 5.41) is 9.58. The zero-order chi connectivity index (χ0) is 9.56. The first-order valence-corrected chi connectivity index (χ1v) is 5.29. The molecule has 0 spiro atoms. The molecule has 72 valence electrons. The summed E-state index contributed by atoms with van der Waals surface area (Å²) in [5.74, 6) is 0. The lowest BCUT2D eigenvalue weighted by atomic mass is 10.1. The van der Waals surface area contributed by atoms with E-state index in [-0.39, 0.29) is 11.2 Å². The van der Waals surface area contributed by atoms with Crippen molar-refractivity contribution in [2.45, 2.75) is 51.4 Å². The number of aliphatic hydroxyl groups excluding tert-OH is 1. The Kier molecular flexibility index (Phi) is 6.48. The predicted molar refractivity (Wildman–Crippen MR) is 53.3 cm³/mol. The summed E-state index contributed by atoms with van der Waals surface area (Å²) in [6.07, 6.45) is 2.50. The first-order chi connectivity index (χ1) is 5.56. The van der Waals surface area contributed by atoms with Gasteiger partial charge in [0.2, 0.25) is 0 Å². The van der Waals surface area contributed by atoms with E-state index in [2.05, 4.69) is 6.92 Å². The van der Waals surface area contributed by atoms with Crippen LogP contribution in [0, 0.1) is 0 Å². The summed E-state index contributed by atoms with van der Waals surface area (Å²) in [7, 11) is 0. The number of carbonyl (C=O) groups is 1. The van der Waals surface area contributed by atoms with Gasteiger partial charge >= 0.3 is 0 Å². The van der Waals surface area contributed by atoms with Crippen molar-refractivity contribution in [1.29, 1.82) is 0 Å². The first kappa shape index (κ1) is 12.0. The number of carbonyl (C=O) groups excluding carboxylic acids is 1. The molecule has 0 saturated heterocycles. The van der Waals surface area contributed by atoms with E-state index in [1.807, 2.05) is 0 Å². The SMILES string of the molecule is CCC[C@@H](C[C@@H](C)O)SC(C)=O. The summed E-state index contributed by atoms with van der Waals surface area (Å²) in [5.41, 5.74) is 0. The molecule has 0 aromatic carbocycles. The highest BCUT2D eigenvalue weighted by Crippen LogP contribution is 2.21. The highest BCUT2D eigenvalue weighted by molar-refractivity contribution is 8.14. The van der Waals surface area contributed by atoms with Gasteiger partial charge in [-0.25, -0.2) is 0 Å². The molecule has 12 heavy (non-hydrogen) atoms. The van der Waals surface area contributed by atoms with E-state index in [9.17, 15) is 4.79 Å². The van der Waals surface area contributed by atoms with E-state index < -0.39 is 0 Å². The molecule has 0 aliphatic carbocycles. The molecule has 0 aromatic heterocycles. The molecule has 0 radical (unpaired) electrons. The third kappa shape index (κ3) is 6.68. The minimum atomic E-state index is -0.298. The Bertz CT molecular complexity index is 134. The van der Waals surface area contributed by atoms with Gasteiger partial charge in [0.05, 0.1) is 6.10 Å². The zero-order valence-electron chi connectivity index (χ0n) is 8.04. The molecule has 3 heteroatoms. The quantitative estimate of drug-likeness (QED) is 0.722. The Hall–Kier alpha value is -0.0200. The van der Waals surface area contributed by atoms with Crippen molar-refractivity contribution in [1.82, 2.24) is 0 Å². The van der Waals surface area contributed by atoms with Crippen molar-refractivity contribution in [3.8, 4) is 0 Å². The van der Waals surface area contributed by atoms with Crippen LogP contribution < -0.4 is 0 Å². The maximum Gasteiger partial charge on any atom is 0.186 e. The Labute approximate surface area is 78.7 Å². The minimum absolute atomic E-state index is 0.147. The zero-order valence-corrected chi connectivity index (χ0v) is 8.86. The smallest absolute Gasteiger partial charge is 0.186 e. The fourth-order valence-corrected chi connectivity index (χ4v) is 2.36. The van der Waals surface area contributed by atoms with E-state index in [0.29, 0.717) is 5.25 Å². The van der Waals surface area contributed by atoms with Crippen LogP contribution in [-0.4, -0.2) is 21.6 Å². The lowest BCUT2D eigenvalue weighted by molar-refractivity contribution is -0.109. The second-order valence-corrected chi connectivity index (χ2v) is 4.58. The van der Waals surface area contributed by atoms with Crippen LogP contribution in [0.2, 0.25) is 0 Å². The third-order valence-electron chi connectivity index (χ3n) is 1.55. The van der Waals surface area contributed by atoms with Crippen LogP contribution in [0.15, 0.2) is 0 Å². The molecule has 0 rings (SSSR count). The highest BCUT2D eigenvalue weighted by atomic mass is 32.2. The van der Waals surface area contributed by atoms with Gasteiger partial charge in [-0.2, -0.15) is 0 Å². The minimum Gasteiger partial charge on any atom is -0.393 e. The van der Waals surface area contributed by atoms with Crippen LogP contribution in [0.25, 0.3) is 0 Å². The Morgan fingerprint density at radius 1 is 1.58 bits per heavy atom. The summed E-state index contributed by atoms with van der Waals surface area (Å²) < 4.78 is 0. The van der Waals surface area contributed by atoms with Gasteiger partial charge in [-0.1, -0.05) is 25.1 Å². The van der Waals surface area contributed by atoms with E-state index in [1.54, 1.807) is 13.8 Å². The molecule has 0 heterocycles. The standard InChI is InChI=1S/C9H18O2S/c1-4-5-9(6-7(2)10)12-8(3)11/h7,9-10H,4-6H2,1-3H3/t7-,9+/m1/s1. The second-order valence-electron chi connectivity index (χ2n) is 3.10. The largest absolute Gasteiger partial charge is 0.393 e. The van der Waals surface area contributed by atoms with E-state index >= 15 is 0 Å². The number of thioether (sulfide) groups is 1. The van der Waals surface area contributed by atoms with E-state index in [1.165, 1.54) is 11.8 Å². The average Bonchev–Trinajstić information content (AvgIpc) is 1.84. The summed E-state index contributed by atoms with van der Waals surface area (Å²) in [4.78, 5) is 10.8. The van der Waals surface area contributed by atoms with Crippen molar-refractivity contribution in [2.24, 2.45) is 0 Å². The van der Waals surface area contributed by atoms with E-state index in [0.717, 1.165) is 19.3 Å². The monoisotopic (exact) mass is 190 g/mol. The van der Waals surface area contributed by atoms with Crippen LogP contribution in [-0.2, 0) is 4.79 Å². The fraction of sp³-hybridized carbons (Fsp3) is 0.889. The van der Waals surface area contributed by atoms with Crippen LogP contribution in [0.5, 0.6) is 0 Å². The maximum absolute atomic E-state index is 10.8. The number of hydrogen-bond acceptors (Lipinski definition) is 3. The van der Waals surface area contributed by atoms with Crippen molar-refractivity contribution < 1.29 is 9.90 Å². The molecule has 2 nitrogen and oxygen atoms in total.